The van der Waals surface area contributed by atoms with Gasteiger partial charge >= 0.3 is 12.1 Å². The number of rotatable bonds is 6. The summed E-state index contributed by atoms with van der Waals surface area (Å²) in [5.74, 6) is -3.04. The zero-order chi connectivity index (χ0) is 24.1. The first-order valence-electron chi connectivity index (χ1n) is 10.3. The van der Waals surface area contributed by atoms with Crippen molar-refractivity contribution in [2.24, 2.45) is 23.7 Å². The summed E-state index contributed by atoms with van der Waals surface area (Å²) in [6, 6.07) is 4.43. The Hall–Kier alpha value is -1.95. The number of imide groups is 1. The summed E-state index contributed by atoms with van der Waals surface area (Å²) in [6.07, 6.45) is -4.17. The van der Waals surface area contributed by atoms with Gasteiger partial charge in [0.2, 0.25) is 11.8 Å². The third-order valence-electron chi connectivity index (χ3n) is 6.49. The van der Waals surface area contributed by atoms with E-state index in [9.17, 15) is 32.3 Å². The van der Waals surface area contributed by atoms with Crippen molar-refractivity contribution in [3.8, 4) is 0 Å². The van der Waals surface area contributed by atoms with Crippen molar-refractivity contribution in [2.75, 3.05) is 18.5 Å². The molecule has 12 heteroatoms. The number of carbonyl (C=O) groups excluding carboxylic acids is 4. The smallest absolute Gasteiger partial charge is 0.418 e. The molecule has 178 valence electrons. The Labute approximate surface area is 203 Å². The number of anilines is 1. The molecule has 4 rings (SSSR count). The summed E-state index contributed by atoms with van der Waals surface area (Å²) < 4.78 is 43.8. The van der Waals surface area contributed by atoms with E-state index in [1.165, 1.54) is 12.1 Å². The maximum absolute atomic E-state index is 13.0. The minimum Gasteiger partial charge on any atom is -0.456 e. The Balaban J connectivity index is 1.27. The fourth-order valence-corrected chi connectivity index (χ4v) is 6.95. The van der Waals surface area contributed by atoms with Gasteiger partial charge in [0.15, 0.2) is 6.61 Å². The van der Waals surface area contributed by atoms with Crippen molar-refractivity contribution in [1.82, 2.24) is 4.90 Å². The number of alkyl halides is 5. The highest BCUT2D eigenvalue weighted by molar-refractivity contribution is 9.12. The molecule has 2 bridgehead atoms. The van der Waals surface area contributed by atoms with Crippen molar-refractivity contribution < 1.29 is 37.1 Å². The third-order valence-corrected chi connectivity index (χ3v) is 9.70. The zero-order valence-corrected chi connectivity index (χ0v) is 20.2. The van der Waals surface area contributed by atoms with Crippen LogP contribution in [-0.2, 0) is 30.1 Å². The largest absolute Gasteiger partial charge is 0.456 e. The monoisotopic (exact) mass is 594 g/mol. The fraction of sp³-hybridized carbons (Fsp3) is 0.524. The summed E-state index contributed by atoms with van der Waals surface area (Å²) in [7, 11) is 0. The van der Waals surface area contributed by atoms with Crippen LogP contribution in [0.2, 0.25) is 0 Å². The van der Waals surface area contributed by atoms with Crippen molar-refractivity contribution >= 4 is 61.2 Å². The molecule has 3 amide bonds. The normalized spacial score (nSPS) is 30.5. The summed E-state index contributed by atoms with van der Waals surface area (Å²) in [4.78, 5) is 50.9. The molecule has 1 saturated heterocycles. The second-order valence-corrected chi connectivity index (χ2v) is 10.4. The van der Waals surface area contributed by atoms with Gasteiger partial charge < -0.3 is 10.1 Å². The zero-order valence-electron chi connectivity index (χ0n) is 17.0. The van der Waals surface area contributed by atoms with E-state index < -0.39 is 47.7 Å². The van der Waals surface area contributed by atoms with Crippen LogP contribution >= 0.6 is 31.9 Å². The number of ether oxygens (including phenoxy) is 1. The standard InChI is InChI=1S/C21H19Br2F3N2O5/c22-17-9-7-10(18(17)23)16-15(9)19(31)28(20(16)32)6-5-14(30)33-8-13(29)27-12-4-2-1-3-11(12)21(24,25)26/h1-4,9-10,15-18H,5-8H2,(H,27,29)/t9-,10-,15-,16+,17-,18+/m1/s1. The second kappa shape index (κ2) is 9.01. The van der Waals surface area contributed by atoms with Gasteiger partial charge in [0.05, 0.1) is 29.5 Å². The Morgan fingerprint density at radius 2 is 1.64 bits per heavy atom. The Morgan fingerprint density at radius 3 is 2.21 bits per heavy atom. The minimum absolute atomic E-state index is 0.0565. The number of halogens is 5. The number of carbonyl (C=O) groups is 4. The number of fused-ring (bicyclic) bond motifs is 5. The van der Waals surface area contributed by atoms with Crippen LogP contribution in [0.25, 0.3) is 0 Å². The lowest BCUT2D eigenvalue weighted by atomic mass is 9.81. The average Bonchev–Trinajstić information content (AvgIpc) is 3.35. The third kappa shape index (κ3) is 4.43. The molecule has 2 saturated carbocycles. The molecule has 7 nitrogen and oxygen atoms in total. The highest BCUT2D eigenvalue weighted by Gasteiger charge is 2.66. The quantitative estimate of drug-likeness (QED) is 0.309. The van der Waals surface area contributed by atoms with E-state index in [-0.39, 0.29) is 46.3 Å². The van der Waals surface area contributed by atoms with Gasteiger partial charge in [-0.1, -0.05) is 44.0 Å². The van der Waals surface area contributed by atoms with Crippen LogP contribution in [0, 0.1) is 23.7 Å². The molecule has 3 fully saturated rings. The first-order chi connectivity index (χ1) is 15.5. The summed E-state index contributed by atoms with van der Waals surface area (Å²) in [5.41, 5.74) is -1.47. The van der Waals surface area contributed by atoms with Crippen LogP contribution < -0.4 is 5.32 Å². The molecule has 0 aromatic heterocycles. The van der Waals surface area contributed by atoms with E-state index >= 15 is 0 Å². The number of esters is 1. The van der Waals surface area contributed by atoms with Gasteiger partial charge in [-0.05, 0) is 30.4 Å². The summed E-state index contributed by atoms with van der Waals surface area (Å²) in [5, 5.41) is 2.07. The van der Waals surface area contributed by atoms with Gasteiger partial charge in [0, 0.05) is 16.2 Å². The van der Waals surface area contributed by atoms with E-state index in [1.807, 2.05) is 0 Å². The first kappa shape index (κ1) is 24.2. The van der Waals surface area contributed by atoms with E-state index in [2.05, 4.69) is 37.2 Å². The molecule has 2 aliphatic carbocycles. The lowest BCUT2D eigenvalue weighted by Gasteiger charge is -2.28. The van der Waals surface area contributed by atoms with Crippen molar-refractivity contribution in [1.29, 1.82) is 0 Å². The van der Waals surface area contributed by atoms with Crippen LogP contribution in [0.3, 0.4) is 0 Å². The lowest BCUT2D eigenvalue weighted by Crippen LogP contribution is -2.37. The fourth-order valence-electron chi connectivity index (χ4n) is 5.08. The predicted molar refractivity (Wildman–Crippen MR) is 116 cm³/mol. The molecule has 1 aromatic carbocycles. The molecule has 33 heavy (non-hydrogen) atoms. The van der Waals surface area contributed by atoms with E-state index in [1.54, 1.807) is 0 Å². The second-order valence-electron chi connectivity index (χ2n) is 8.33. The highest BCUT2D eigenvalue weighted by Crippen LogP contribution is 2.60. The number of hydrogen-bond acceptors (Lipinski definition) is 5. The molecule has 1 aromatic rings. The van der Waals surface area contributed by atoms with Crippen LogP contribution in [0.1, 0.15) is 18.4 Å². The highest BCUT2D eigenvalue weighted by atomic mass is 79.9. The van der Waals surface area contributed by atoms with Gasteiger partial charge in [-0.3, -0.25) is 24.1 Å². The first-order valence-corrected chi connectivity index (χ1v) is 12.1. The van der Waals surface area contributed by atoms with Gasteiger partial charge in [-0.25, -0.2) is 0 Å². The molecule has 6 atom stereocenters. The maximum Gasteiger partial charge on any atom is 0.418 e. The molecule has 0 unspecified atom stereocenters. The molecule has 1 aliphatic heterocycles. The summed E-state index contributed by atoms with van der Waals surface area (Å²) in [6.45, 7) is -0.958. The van der Waals surface area contributed by atoms with Crippen LogP contribution in [0.15, 0.2) is 24.3 Å². The molecule has 0 radical (unpaired) electrons. The molecule has 0 spiro atoms. The molecular weight excluding hydrogens is 577 g/mol. The average molecular weight is 596 g/mol. The van der Waals surface area contributed by atoms with Gasteiger partial charge in [-0.2, -0.15) is 13.2 Å². The van der Waals surface area contributed by atoms with Crippen molar-refractivity contribution in [2.45, 2.75) is 28.7 Å². The number of para-hydroxylation sites is 1. The van der Waals surface area contributed by atoms with Crippen LogP contribution in [-0.4, -0.2) is 51.4 Å². The van der Waals surface area contributed by atoms with Crippen molar-refractivity contribution in [3.05, 3.63) is 29.8 Å². The van der Waals surface area contributed by atoms with Crippen LogP contribution in [0.5, 0.6) is 0 Å². The predicted octanol–water partition coefficient (Wildman–Crippen LogP) is 3.36. The Kier molecular flexibility index (Phi) is 6.60. The van der Waals surface area contributed by atoms with Gasteiger partial charge in [0.25, 0.3) is 5.91 Å². The number of hydrogen-bond donors (Lipinski definition) is 1. The van der Waals surface area contributed by atoms with E-state index in [0.29, 0.717) is 0 Å². The number of nitrogens with one attached hydrogen (secondary N) is 1. The van der Waals surface area contributed by atoms with Crippen molar-refractivity contribution in [3.63, 3.8) is 0 Å². The SMILES string of the molecule is O=C(COC(=O)CCN1C(=O)[C@@H]2[C@H]3C[C@@H]([C@H](Br)[C@@H]3Br)[C@@H]2C1=O)Nc1ccccc1C(F)(F)F. The van der Waals surface area contributed by atoms with Gasteiger partial charge in [-0.15, -0.1) is 0 Å². The Bertz CT molecular complexity index is 972. The number of benzene rings is 1. The number of nitrogens with zero attached hydrogens (tertiary/aromatic N) is 1. The molecular formula is C21H19Br2F3N2O5. The minimum atomic E-state index is -4.66. The molecule has 1 N–H and O–H groups in total. The maximum atomic E-state index is 13.0. The summed E-state index contributed by atoms with van der Waals surface area (Å²) >= 11 is 7.19. The lowest BCUT2D eigenvalue weighted by molar-refractivity contribution is -0.149. The number of likely N-dealkylation sites (tertiary alicyclic amines) is 1. The molecule has 1 heterocycles. The van der Waals surface area contributed by atoms with E-state index in [0.717, 1.165) is 23.5 Å². The van der Waals surface area contributed by atoms with E-state index in [4.69, 9.17) is 4.74 Å². The molecule has 3 aliphatic rings. The van der Waals surface area contributed by atoms with Gasteiger partial charge in [0.1, 0.15) is 0 Å². The topological polar surface area (TPSA) is 92.8 Å². The van der Waals surface area contributed by atoms with Crippen LogP contribution in [0.4, 0.5) is 18.9 Å². The number of amides is 3. The Morgan fingerprint density at radius 1 is 1.06 bits per heavy atom.